The fourth-order valence-corrected chi connectivity index (χ4v) is 2.20. The summed E-state index contributed by atoms with van der Waals surface area (Å²) in [4.78, 5) is 25.7. The molecule has 0 atom stereocenters. The van der Waals surface area contributed by atoms with E-state index in [2.05, 4.69) is 5.32 Å². The molecule has 1 aromatic rings. The van der Waals surface area contributed by atoms with Crippen LogP contribution in [0.3, 0.4) is 0 Å². The minimum atomic E-state index is -0.967. The maximum atomic E-state index is 13.8. The Bertz CT molecular complexity index is 540. The first kappa shape index (κ1) is 13.5. The van der Waals surface area contributed by atoms with Crippen LogP contribution in [-0.2, 0) is 4.79 Å². The summed E-state index contributed by atoms with van der Waals surface area (Å²) in [6.07, 6.45) is 0. The van der Waals surface area contributed by atoms with Crippen LogP contribution in [0, 0.1) is 12.7 Å². The lowest BCUT2D eigenvalue weighted by Crippen LogP contribution is -2.63. The van der Waals surface area contributed by atoms with Gasteiger partial charge in [0.2, 0.25) is 5.91 Å². The van der Waals surface area contributed by atoms with Crippen LogP contribution in [0.25, 0.3) is 0 Å². The molecule has 2 amide bonds. The van der Waals surface area contributed by atoms with Crippen molar-refractivity contribution in [2.45, 2.75) is 26.3 Å². The predicted octanol–water partition coefficient (Wildman–Crippen LogP) is 1.48. The first-order chi connectivity index (χ1) is 8.84. The fourth-order valence-electron chi connectivity index (χ4n) is 2.20. The van der Waals surface area contributed by atoms with Gasteiger partial charge in [-0.25, -0.2) is 4.39 Å². The summed E-state index contributed by atoms with van der Waals surface area (Å²) in [5.41, 5.74) is -0.141. The molecule has 0 aliphatic carbocycles. The first-order valence-corrected chi connectivity index (χ1v) is 6.20. The molecule has 1 saturated heterocycles. The molecule has 5 heteroatoms. The van der Waals surface area contributed by atoms with E-state index in [4.69, 9.17) is 0 Å². The van der Waals surface area contributed by atoms with E-state index in [0.29, 0.717) is 13.1 Å². The van der Waals surface area contributed by atoms with Crippen molar-refractivity contribution in [3.8, 4) is 0 Å². The molecule has 1 N–H and O–H groups in total. The van der Waals surface area contributed by atoms with Gasteiger partial charge >= 0.3 is 0 Å². The van der Waals surface area contributed by atoms with Crippen molar-refractivity contribution in [1.29, 1.82) is 0 Å². The highest BCUT2D eigenvalue weighted by molar-refractivity contribution is 6.00. The molecule has 2 rings (SSSR count). The third-order valence-electron chi connectivity index (χ3n) is 3.45. The van der Waals surface area contributed by atoms with Gasteiger partial charge in [-0.15, -0.1) is 0 Å². The predicted molar refractivity (Wildman–Crippen MR) is 69.3 cm³/mol. The Balaban J connectivity index is 2.38. The standard InChI is InChI=1S/C14H17FN2O2/c1-9-4-5-11(15)10(8-9)12(18)17-7-6-16-13(19)14(17,2)3/h4-5,8H,6-7H2,1-3H3,(H,16,19). The highest BCUT2D eigenvalue weighted by Crippen LogP contribution is 2.22. The summed E-state index contributed by atoms with van der Waals surface area (Å²) in [6.45, 7) is 5.89. The number of carbonyl (C=O) groups is 2. The zero-order valence-electron chi connectivity index (χ0n) is 11.3. The molecular formula is C14H17FN2O2. The Labute approximate surface area is 111 Å². The second-order valence-corrected chi connectivity index (χ2v) is 5.26. The zero-order valence-corrected chi connectivity index (χ0v) is 11.3. The molecule has 1 aliphatic heterocycles. The summed E-state index contributed by atoms with van der Waals surface area (Å²) < 4.78 is 13.8. The topological polar surface area (TPSA) is 49.4 Å². The van der Waals surface area contributed by atoms with E-state index < -0.39 is 17.3 Å². The van der Waals surface area contributed by atoms with E-state index in [1.165, 1.54) is 17.0 Å². The van der Waals surface area contributed by atoms with E-state index >= 15 is 0 Å². The minimum Gasteiger partial charge on any atom is -0.352 e. The normalized spacial score (nSPS) is 18.1. The van der Waals surface area contributed by atoms with E-state index in [-0.39, 0.29) is 11.5 Å². The SMILES string of the molecule is Cc1ccc(F)c(C(=O)N2CCNC(=O)C2(C)C)c1. The van der Waals surface area contributed by atoms with Gasteiger partial charge in [0, 0.05) is 13.1 Å². The average Bonchev–Trinajstić information content (AvgIpc) is 2.35. The van der Waals surface area contributed by atoms with Crippen LogP contribution in [0.4, 0.5) is 4.39 Å². The zero-order chi connectivity index (χ0) is 14.2. The maximum absolute atomic E-state index is 13.8. The highest BCUT2D eigenvalue weighted by atomic mass is 19.1. The lowest BCUT2D eigenvalue weighted by atomic mass is 9.97. The quantitative estimate of drug-likeness (QED) is 0.835. The van der Waals surface area contributed by atoms with Gasteiger partial charge in [-0.1, -0.05) is 11.6 Å². The average molecular weight is 264 g/mol. The number of hydrogen-bond donors (Lipinski definition) is 1. The van der Waals surface area contributed by atoms with E-state index in [1.54, 1.807) is 26.8 Å². The maximum Gasteiger partial charge on any atom is 0.257 e. The van der Waals surface area contributed by atoms with Crippen molar-refractivity contribution in [2.24, 2.45) is 0 Å². The number of carbonyl (C=O) groups excluding carboxylic acids is 2. The van der Waals surface area contributed by atoms with Crippen molar-refractivity contribution in [2.75, 3.05) is 13.1 Å². The molecule has 0 unspecified atom stereocenters. The van der Waals surface area contributed by atoms with Crippen molar-refractivity contribution in [3.63, 3.8) is 0 Å². The fraction of sp³-hybridized carbons (Fsp3) is 0.429. The highest BCUT2D eigenvalue weighted by Gasteiger charge is 2.41. The molecule has 0 radical (unpaired) electrons. The van der Waals surface area contributed by atoms with Crippen molar-refractivity contribution in [3.05, 3.63) is 35.1 Å². The van der Waals surface area contributed by atoms with Crippen LogP contribution < -0.4 is 5.32 Å². The molecule has 1 aliphatic rings. The van der Waals surface area contributed by atoms with E-state index in [9.17, 15) is 14.0 Å². The molecule has 102 valence electrons. The minimum absolute atomic E-state index is 0.0165. The van der Waals surface area contributed by atoms with Crippen LogP contribution in [0.15, 0.2) is 18.2 Å². The van der Waals surface area contributed by atoms with Gasteiger partial charge in [-0.3, -0.25) is 9.59 Å². The lowest BCUT2D eigenvalue weighted by Gasteiger charge is -2.41. The molecule has 0 saturated carbocycles. The number of rotatable bonds is 1. The third kappa shape index (κ3) is 2.32. The second kappa shape index (κ2) is 4.64. The summed E-state index contributed by atoms with van der Waals surface area (Å²) in [5.74, 6) is -1.22. The molecule has 1 fully saturated rings. The summed E-state index contributed by atoms with van der Waals surface area (Å²) in [5, 5.41) is 2.71. The Hall–Kier alpha value is -1.91. The van der Waals surface area contributed by atoms with Gasteiger partial charge in [0.25, 0.3) is 5.91 Å². The second-order valence-electron chi connectivity index (χ2n) is 5.26. The van der Waals surface area contributed by atoms with Gasteiger partial charge < -0.3 is 10.2 Å². The number of nitrogens with one attached hydrogen (secondary N) is 1. The molecule has 4 nitrogen and oxygen atoms in total. The van der Waals surface area contributed by atoms with Crippen molar-refractivity contribution >= 4 is 11.8 Å². The molecule has 1 heterocycles. The molecular weight excluding hydrogens is 247 g/mol. The van der Waals surface area contributed by atoms with E-state index in [0.717, 1.165) is 5.56 Å². The summed E-state index contributed by atoms with van der Waals surface area (Å²) in [6, 6.07) is 4.40. The lowest BCUT2D eigenvalue weighted by molar-refractivity contribution is -0.133. The van der Waals surface area contributed by atoms with Crippen molar-refractivity contribution < 1.29 is 14.0 Å². The van der Waals surface area contributed by atoms with Crippen LogP contribution in [0.2, 0.25) is 0 Å². The Morgan fingerprint density at radius 3 is 2.79 bits per heavy atom. The Morgan fingerprint density at radius 2 is 2.11 bits per heavy atom. The van der Waals surface area contributed by atoms with Gasteiger partial charge in [0.15, 0.2) is 0 Å². The number of halogens is 1. The number of benzene rings is 1. The van der Waals surface area contributed by atoms with Gasteiger partial charge in [0.1, 0.15) is 11.4 Å². The molecule has 0 spiro atoms. The van der Waals surface area contributed by atoms with E-state index in [1.807, 2.05) is 0 Å². The smallest absolute Gasteiger partial charge is 0.257 e. The molecule has 0 aromatic heterocycles. The number of aryl methyl sites for hydroxylation is 1. The monoisotopic (exact) mass is 264 g/mol. The number of piperazine rings is 1. The number of hydrogen-bond acceptors (Lipinski definition) is 2. The summed E-state index contributed by atoms with van der Waals surface area (Å²) in [7, 11) is 0. The van der Waals surface area contributed by atoms with Gasteiger partial charge in [-0.05, 0) is 32.9 Å². The molecule has 0 bridgehead atoms. The van der Waals surface area contributed by atoms with Crippen LogP contribution in [-0.4, -0.2) is 35.3 Å². The Kier molecular flexibility index (Phi) is 3.30. The van der Waals surface area contributed by atoms with Crippen molar-refractivity contribution in [1.82, 2.24) is 10.2 Å². The van der Waals surface area contributed by atoms with Gasteiger partial charge in [0.05, 0.1) is 5.56 Å². The molecule has 1 aromatic carbocycles. The van der Waals surface area contributed by atoms with Crippen LogP contribution in [0.5, 0.6) is 0 Å². The number of nitrogens with zero attached hydrogens (tertiary/aromatic N) is 1. The molecule has 19 heavy (non-hydrogen) atoms. The third-order valence-corrected chi connectivity index (χ3v) is 3.45. The van der Waals surface area contributed by atoms with Crippen LogP contribution in [0.1, 0.15) is 29.8 Å². The van der Waals surface area contributed by atoms with Gasteiger partial charge in [-0.2, -0.15) is 0 Å². The number of amides is 2. The largest absolute Gasteiger partial charge is 0.352 e. The Morgan fingerprint density at radius 1 is 1.42 bits per heavy atom. The first-order valence-electron chi connectivity index (χ1n) is 6.20. The van der Waals surface area contributed by atoms with Crippen LogP contribution >= 0.6 is 0 Å². The summed E-state index contributed by atoms with van der Waals surface area (Å²) >= 11 is 0.